The van der Waals surface area contributed by atoms with Crippen LogP contribution in [0.2, 0.25) is 0 Å². The number of carbonyl (C=O) groups is 2. The number of benzene rings is 2. The highest BCUT2D eigenvalue weighted by Crippen LogP contribution is 2.25. The third-order valence-corrected chi connectivity index (χ3v) is 5.83. The van der Waals surface area contributed by atoms with Crippen LogP contribution in [0, 0.1) is 12.8 Å². The molecule has 4 rings (SSSR count). The zero-order chi connectivity index (χ0) is 21.8. The molecule has 2 amide bonds. The van der Waals surface area contributed by atoms with Crippen molar-refractivity contribution in [2.24, 2.45) is 11.7 Å². The van der Waals surface area contributed by atoms with Crippen molar-refractivity contribution in [3.05, 3.63) is 66.2 Å². The number of hydrogen-bond acceptors (Lipinski definition) is 3. The van der Waals surface area contributed by atoms with Gasteiger partial charge in [0.2, 0.25) is 5.91 Å². The molecule has 0 atom stereocenters. The van der Waals surface area contributed by atoms with E-state index in [0.29, 0.717) is 12.4 Å². The molecule has 1 saturated heterocycles. The van der Waals surface area contributed by atoms with Crippen LogP contribution in [0.5, 0.6) is 0 Å². The van der Waals surface area contributed by atoms with Gasteiger partial charge in [-0.15, -0.1) is 0 Å². The molecule has 0 bridgehead atoms. The highest BCUT2D eigenvalue weighted by atomic mass is 16.2. The molecule has 1 aliphatic heterocycles. The zero-order valence-corrected chi connectivity index (χ0v) is 17.7. The molecule has 7 nitrogen and oxygen atoms in total. The Labute approximate surface area is 181 Å². The summed E-state index contributed by atoms with van der Waals surface area (Å²) in [5.74, 6) is 0.264. The highest BCUT2D eigenvalue weighted by Gasteiger charge is 2.27. The van der Waals surface area contributed by atoms with Gasteiger partial charge in [0.1, 0.15) is 5.82 Å². The molecule has 4 N–H and O–H groups in total. The van der Waals surface area contributed by atoms with Crippen LogP contribution in [0.15, 0.2) is 60.7 Å². The minimum absolute atomic E-state index is 0.0663. The summed E-state index contributed by atoms with van der Waals surface area (Å²) in [4.78, 5) is 25.3. The normalized spacial score (nSPS) is 18.5. The second kappa shape index (κ2) is 9.14. The van der Waals surface area contributed by atoms with Gasteiger partial charge in [0.15, 0.2) is 6.54 Å². The monoisotopic (exact) mass is 418 g/mol. The van der Waals surface area contributed by atoms with E-state index in [4.69, 9.17) is 10.8 Å². The van der Waals surface area contributed by atoms with Crippen molar-refractivity contribution in [2.45, 2.75) is 19.8 Å². The van der Waals surface area contributed by atoms with Gasteiger partial charge in [-0.1, -0.05) is 48.0 Å². The predicted molar refractivity (Wildman–Crippen MR) is 120 cm³/mol. The molecular formula is C24H28N5O2+. The largest absolute Gasteiger partial charge is 0.369 e. The number of likely N-dealkylation sites (tertiary alicyclic amines) is 1. The third-order valence-electron chi connectivity index (χ3n) is 5.83. The number of para-hydroxylation sites is 1. The quantitative estimate of drug-likeness (QED) is 0.567. The molecular weight excluding hydrogens is 390 g/mol. The maximum absolute atomic E-state index is 12.8. The van der Waals surface area contributed by atoms with Crippen molar-refractivity contribution < 1.29 is 14.5 Å². The topological polar surface area (TPSA) is 94.5 Å². The number of amides is 2. The molecule has 2 aromatic carbocycles. The van der Waals surface area contributed by atoms with Crippen LogP contribution < -0.4 is 16.0 Å². The van der Waals surface area contributed by atoms with Crippen molar-refractivity contribution in [1.82, 2.24) is 9.78 Å². The summed E-state index contributed by atoms with van der Waals surface area (Å²) >= 11 is 0. The second-order valence-corrected chi connectivity index (χ2v) is 8.18. The first-order valence-electron chi connectivity index (χ1n) is 10.6. The molecule has 31 heavy (non-hydrogen) atoms. The fraction of sp³-hybridized carbons (Fsp3) is 0.292. The van der Waals surface area contributed by atoms with Crippen molar-refractivity contribution in [2.75, 3.05) is 25.0 Å². The van der Waals surface area contributed by atoms with Crippen LogP contribution in [0.25, 0.3) is 16.9 Å². The van der Waals surface area contributed by atoms with Crippen LogP contribution in [0.1, 0.15) is 18.4 Å². The molecule has 2 heterocycles. The number of quaternary nitrogens is 1. The first kappa shape index (κ1) is 20.8. The van der Waals surface area contributed by atoms with Gasteiger partial charge in [-0.2, -0.15) is 5.10 Å². The Morgan fingerprint density at radius 1 is 1.10 bits per heavy atom. The van der Waals surface area contributed by atoms with Crippen LogP contribution in [0.4, 0.5) is 5.82 Å². The lowest BCUT2D eigenvalue weighted by Gasteiger charge is -2.27. The summed E-state index contributed by atoms with van der Waals surface area (Å²) in [5, 5.41) is 7.79. The van der Waals surface area contributed by atoms with Gasteiger partial charge in [0.05, 0.1) is 24.5 Å². The fourth-order valence-electron chi connectivity index (χ4n) is 4.00. The highest BCUT2D eigenvalue weighted by molar-refractivity contribution is 5.91. The lowest BCUT2D eigenvalue weighted by molar-refractivity contribution is -0.897. The van der Waals surface area contributed by atoms with E-state index in [2.05, 4.69) is 5.32 Å². The van der Waals surface area contributed by atoms with Gasteiger partial charge in [0.25, 0.3) is 5.91 Å². The number of carbonyl (C=O) groups excluding carboxylic acids is 2. The average molecular weight is 419 g/mol. The first-order valence-corrected chi connectivity index (χ1v) is 10.6. The first-order chi connectivity index (χ1) is 15.0. The number of aromatic nitrogens is 2. The van der Waals surface area contributed by atoms with E-state index in [-0.39, 0.29) is 17.7 Å². The molecule has 7 heteroatoms. The number of nitrogens with one attached hydrogen (secondary N) is 2. The SMILES string of the molecule is Cc1ccc(-c2cc(NC(=O)C[NH+]3CCC(C(N)=O)CC3)n(-c3ccccc3)n2)cc1. The van der Waals surface area contributed by atoms with E-state index in [9.17, 15) is 9.59 Å². The fourth-order valence-corrected chi connectivity index (χ4v) is 4.00. The number of anilines is 1. The number of hydrogen-bond donors (Lipinski definition) is 3. The summed E-state index contributed by atoms with van der Waals surface area (Å²) in [6, 6.07) is 19.8. The van der Waals surface area contributed by atoms with Crippen LogP contribution in [0.3, 0.4) is 0 Å². The molecule has 0 radical (unpaired) electrons. The molecule has 0 spiro atoms. The Balaban J connectivity index is 1.52. The Hall–Kier alpha value is -3.45. The standard InChI is InChI=1S/C24H27N5O2/c1-17-7-9-18(10-8-17)21-15-22(29(27-21)20-5-3-2-4-6-20)26-23(30)16-28-13-11-19(12-14-28)24(25)31/h2-10,15,19H,11-14,16H2,1H3,(H2,25,31)(H,26,30)/p+1. The van der Waals surface area contributed by atoms with Crippen LogP contribution >= 0.6 is 0 Å². The van der Waals surface area contributed by atoms with Gasteiger partial charge < -0.3 is 16.0 Å². The molecule has 3 aromatic rings. The van der Waals surface area contributed by atoms with Gasteiger partial charge >= 0.3 is 0 Å². The molecule has 0 saturated carbocycles. The summed E-state index contributed by atoms with van der Waals surface area (Å²) in [6.45, 7) is 3.94. The molecule has 160 valence electrons. The Kier molecular flexibility index (Phi) is 6.13. The molecule has 0 unspecified atom stereocenters. The molecule has 0 aliphatic carbocycles. The second-order valence-electron chi connectivity index (χ2n) is 8.18. The Bertz CT molecular complexity index is 1050. The van der Waals surface area contributed by atoms with E-state index < -0.39 is 0 Å². The summed E-state index contributed by atoms with van der Waals surface area (Å²) in [7, 11) is 0. The van der Waals surface area contributed by atoms with E-state index >= 15 is 0 Å². The summed E-state index contributed by atoms with van der Waals surface area (Å²) < 4.78 is 1.77. The van der Waals surface area contributed by atoms with E-state index in [1.807, 2.05) is 67.6 Å². The third kappa shape index (κ3) is 5.00. The van der Waals surface area contributed by atoms with Gasteiger partial charge in [-0.3, -0.25) is 9.59 Å². The van der Waals surface area contributed by atoms with Gasteiger partial charge in [0, 0.05) is 30.4 Å². The van der Waals surface area contributed by atoms with Crippen molar-refractivity contribution in [3.8, 4) is 16.9 Å². The minimum Gasteiger partial charge on any atom is -0.369 e. The number of primary amides is 1. The van der Waals surface area contributed by atoms with Crippen molar-refractivity contribution in [1.29, 1.82) is 0 Å². The smallest absolute Gasteiger partial charge is 0.280 e. The molecule has 1 aliphatic rings. The maximum atomic E-state index is 12.8. The Morgan fingerprint density at radius 3 is 2.42 bits per heavy atom. The van der Waals surface area contributed by atoms with Crippen LogP contribution in [-0.2, 0) is 9.59 Å². The lowest BCUT2D eigenvalue weighted by atomic mass is 9.96. The summed E-state index contributed by atoms with van der Waals surface area (Å²) in [5.41, 5.74) is 9.27. The molecule has 1 fully saturated rings. The number of nitrogens with zero attached hydrogens (tertiary/aromatic N) is 2. The van der Waals surface area contributed by atoms with Crippen LogP contribution in [-0.4, -0.2) is 41.2 Å². The Morgan fingerprint density at radius 2 is 1.77 bits per heavy atom. The van der Waals surface area contributed by atoms with E-state index in [1.54, 1.807) is 4.68 Å². The number of aryl methyl sites for hydroxylation is 1. The number of piperidine rings is 1. The predicted octanol–water partition coefficient (Wildman–Crippen LogP) is 1.57. The lowest BCUT2D eigenvalue weighted by Crippen LogP contribution is -3.14. The minimum atomic E-state index is -0.237. The van der Waals surface area contributed by atoms with Crippen molar-refractivity contribution >= 4 is 17.6 Å². The number of rotatable bonds is 6. The maximum Gasteiger partial charge on any atom is 0.280 e. The van der Waals surface area contributed by atoms with Crippen molar-refractivity contribution in [3.63, 3.8) is 0 Å². The average Bonchev–Trinajstić information content (AvgIpc) is 3.18. The van der Waals surface area contributed by atoms with Gasteiger partial charge in [-0.25, -0.2) is 4.68 Å². The van der Waals surface area contributed by atoms with E-state index in [1.165, 1.54) is 10.5 Å². The van der Waals surface area contributed by atoms with E-state index in [0.717, 1.165) is 42.9 Å². The number of nitrogens with two attached hydrogens (primary N) is 1. The van der Waals surface area contributed by atoms with Gasteiger partial charge in [-0.05, 0) is 19.1 Å². The zero-order valence-electron chi connectivity index (χ0n) is 17.7. The summed E-state index contributed by atoms with van der Waals surface area (Å²) in [6.07, 6.45) is 1.47. The molecule has 1 aromatic heterocycles.